The van der Waals surface area contributed by atoms with Crippen LogP contribution in [0.25, 0.3) is 0 Å². The molecular formula is C18H20ClN3O2. The average molecular weight is 346 g/mol. The molecule has 1 unspecified atom stereocenters. The summed E-state index contributed by atoms with van der Waals surface area (Å²) in [7, 11) is 0. The molecule has 2 aromatic rings. The van der Waals surface area contributed by atoms with Gasteiger partial charge in [0, 0.05) is 22.9 Å². The van der Waals surface area contributed by atoms with Gasteiger partial charge in [0.1, 0.15) is 6.10 Å². The number of hydrogen-bond donors (Lipinski definition) is 1. The fourth-order valence-corrected chi connectivity index (χ4v) is 2.96. The number of aryl methyl sites for hydroxylation is 1. The number of aromatic nitrogens is 1. The maximum atomic E-state index is 12.6. The minimum atomic E-state index is -0.241. The normalized spacial score (nSPS) is 17.8. The van der Waals surface area contributed by atoms with Crippen molar-refractivity contribution in [2.45, 2.75) is 19.4 Å². The summed E-state index contributed by atoms with van der Waals surface area (Å²) in [6.07, 6.45) is 0.114. The number of amides is 1. The Morgan fingerprint density at radius 2 is 2.12 bits per heavy atom. The summed E-state index contributed by atoms with van der Waals surface area (Å²) in [5, 5.41) is 0.667. The summed E-state index contributed by atoms with van der Waals surface area (Å²) < 4.78 is 5.79. The van der Waals surface area contributed by atoms with Crippen molar-refractivity contribution in [3.63, 3.8) is 0 Å². The zero-order valence-electron chi connectivity index (χ0n) is 13.5. The van der Waals surface area contributed by atoms with E-state index < -0.39 is 0 Å². The van der Waals surface area contributed by atoms with Crippen LogP contribution in [-0.4, -0.2) is 35.5 Å². The molecule has 1 aliphatic rings. The van der Waals surface area contributed by atoms with Crippen LogP contribution in [0.4, 0.5) is 5.69 Å². The van der Waals surface area contributed by atoms with Crippen molar-refractivity contribution in [2.24, 2.45) is 0 Å². The molecule has 1 aromatic heterocycles. The molecule has 126 valence electrons. The summed E-state index contributed by atoms with van der Waals surface area (Å²) in [6, 6.07) is 11.0. The van der Waals surface area contributed by atoms with Crippen molar-refractivity contribution in [1.82, 2.24) is 9.88 Å². The number of ether oxygens (including phenoxy) is 1. The average Bonchev–Trinajstić information content (AvgIpc) is 2.56. The minimum absolute atomic E-state index is 0.0752. The number of pyridine rings is 1. The Bertz CT molecular complexity index is 713. The lowest BCUT2D eigenvalue weighted by atomic mass is 10.1. The lowest BCUT2D eigenvalue weighted by Crippen LogP contribution is -2.43. The van der Waals surface area contributed by atoms with Crippen LogP contribution in [0.1, 0.15) is 23.1 Å². The van der Waals surface area contributed by atoms with Gasteiger partial charge in [0.25, 0.3) is 0 Å². The quantitative estimate of drug-likeness (QED) is 0.928. The number of benzene rings is 1. The number of nitrogen functional groups attached to an aromatic ring is 1. The molecule has 2 N–H and O–H groups in total. The standard InChI is InChI=1S/C18H20ClN3O2/c1-12-8-15(20)10-16(21-12)17-11-22(6-7-24-17)18(23)9-13-2-4-14(19)5-3-13/h2-5,8,10,17H,6-7,9,11H2,1H3,(H2,20,21). The second-order valence-corrected chi connectivity index (χ2v) is 6.41. The second-order valence-electron chi connectivity index (χ2n) is 5.97. The highest BCUT2D eigenvalue weighted by Gasteiger charge is 2.26. The summed E-state index contributed by atoms with van der Waals surface area (Å²) >= 11 is 5.88. The molecule has 3 rings (SSSR count). The number of carbonyl (C=O) groups excluding carboxylic acids is 1. The van der Waals surface area contributed by atoms with Crippen LogP contribution in [0.2, 0.25) is 5.02 Å². The molecule has 0 aliphatic carbocycles. The van der Waals surface area contributed by atoms with Gasteiger partial charge in [0.05, 0.1) is 25.3 Å². The van der Waals surface area contributed by atoms with E-state index in [9.17, 15) is 4.79 Å². The van der Waals surface area contributed by atoms with Crippen molar-refractivity contribution in [3.8, 4) is 0 Å². The number of carbonyl (C=O) groups is 1. The number of nitrogens with zero attached hydrogens (tertiary/aromatic N) is 2. The van der Waals surface area contributed by atoms with Crippen LogP contribution in [0.5, 0.6) is 0 Å². The first kappa shape index (κ1) is 16.7. The molecule has 0 bridgehead atoms. The van der Waals surface area contributed by atoms with E-state index in [2.05, 4.69) is 4.98 Å². The molecule has 1 amide bonds. The third-order valence-electron chi connectivity index (χ3n) is 4.01. The van der Waals surface area contributed by atoms with Gasteiger partial charge in [-0.3, -0.25) is 9.78 Å². The van der Waals surface area contributed by atoms with Gasteiger partial charge in [-0.15, -0.1) is 0 Å². The predicted molar refractivity (Wildman–Crippen MR) is 93.8 cm³/mol. The van der Waals surface area contributed by atoms with E-state index in [1.165, 1.54) is 0 Å². The highest BCUT2D eigenvalue weighted by molar-refractivity contribution is 6.30. The third kappa shape index (κ3) is 4.04. The summed E-state index contributed by atoms with van der Waals surface area (Å²) in [4.78, 5) is 18.9. The molecule has 24 heavy (non-hydrogen) atoms. The summed E-state index contributed by atoms with van der Waals surface area (Å²) in [5.41, 5.74) is 9.12. The van der Waals surface area contributed by atoms with Crippen LogP contribution in [0.3, 0.4) is 0 Å². The van der Waals surface area contributed by atoms with Crippen molar-refractivity contribution >= 4 is 23.2 Å². The molecule has 0 radical (unpaired) electrons. The number of nitrogens with two attached hydrogens (primary N) is 1. The Balaban J connectivity index is 1.68. The molecular weight excluding hydrogens is 326 g/mol. The third-order valence-corrected chi connectivity index (χ3v) is 4.27. The van der Waals surface area contributed by atoms with E-state index >= 15 is 0 Å². The zero-order chi connectivity index (χ0) is 17.1. The highest BCUT2D eigenvalue weighted by Crippen LogP contribution is 2.23. The van der Waals surface area contributed by atoms with Gasteiger partial charge in [0.15, 0.2) is 0 Å². The van der Waals surface area contributed by atoms with Gasteiger partial charge in [0.2, 0.25) is 5.91 Å². The van der Waals surface area contributed by atoms with Gasteiger partial charge < -0.3 is 15.4 Å². The number of hydrogen-bond acceptors (Lipinski definition) is 4. The van der Waals surface area contributed by atoms with Crippen molar-refractivity contribution in [1.29, 1.82) is 0 Å². The molecule has 5 nitrogen and oxygen atoms in total. The number of morpholine rings is 1. The molecule has 0 spiro atoms. The van der Waals surface area contributed by atoms with E-state index in [0.29, 0.717) is 36.8 Å². The number of anilines is 1. The first-order chi connectivity index (χ1) is 11.5. The Hall–Kier alpha value is -2.11. The summed E-state index contributed by atoms with van der Waals surface area (Å²) in [5.74, 6) is 0.0752. The maximum Gasteiger partial charge on any atom is 0.227 e. The Morgan fingerprint density at radius 1 is 1.38 bits per heavy atom. The van der Waals surface area contributed by atoms with Crippen LogP contribution in [0.15, 0.2) is 36.4 Å². The SMILES string of the molecule is Cc1cc(N)cc(C2CN(C(=O)Cc3ccc(Cl)cc3)CCO2)n1. The van der Waals surface area contributed by atoms with Crippen molar-refractivity contribution in [2.75, 3.05) is 25.4 Å². The van der Waals surface area contributed by atoms with Gasteiger partial charge in [-0.05, 0) is 36.8 Å². The van der Waals surface area contributed by atoms with Crippen molar-refractivity contribution < 1.29 is 9.53 Å². The van der Waals surface area contributed by atoms with E-state index in [1.54, 1.807) is 12.1 Å². The van der Waals surface area contributed by atoms with Crippen LogP contribution >= 0.6 is 11.6 Å². The van der Waals surface area contributed by atoms with E-state index in [1.807, 2.05) is 36.1 Å². The van der Waals surface area contributed by atoms with Gasteiger partial charge >= 0.3 is 0 Å². The van der Waals surface area contributed by atoms with Gasteiger partial charge in [-0.25, -0.2) is 0 Å². The van der Waals surface area contributed by atoms with Crippen LogP contribution in [-0.2, 0) is 16.0 Å². The Kier molecular flexibility index (Phi) is 5.02. The fourth-order valence-electron chi connectivity index (χ4n) is 2.83. The van der Waals surface area contributed by atoms with Crippen molar-refractivity contribution in [3.05, 3.63) is 58.4 Å². The largest absolute Gasteiger partial charge is 0.399 e. The lowest BCUT2D eigenvalue weighted by molar-refractivity contribution is -0.138. The van der Waals surface area contributed by atoms with E-state index in [-0.39, 0.29) is 12.0 Å². The van der Waals surface area contributed by atoms with Crippen LogP contribution < -0.4 is 5.73 Å². The first-order valence-corrected chi connectivity index (χ1v) is 8.27. The molecule has 2 heterocycles. The van der Waals surface area contributed by atoms with E-state index in [0.717, 1.165) is 17.0 Å². The molecule has 6 heteroatoms. The fraction of sp³-hybridized carbons (Fsp3) is 0.333. The highest BCUT2D eigenvalue weighted by atomic mass is 35.5. The molecule has 1 fully saturated rings. The topological polar surface area (TPSA) is 68.5 Å². The molecule has 0 saturated carbocycles. The number of rotatable bonds is 3. The molecule has 1 aromatic carbocycles. The zero-order valence-corrected chi connectivity index (χ0v) is 14.3. The predicted octanol–water partition coefficient (Wildman–Crippen LogP) is 2.77. The first-order valence-electron chi connectivity index (χ1n) is 7.89. The van der Waals surface area contributed by atoms with Gasteiger partial charge in [-0.2, -0.15) is 0 Å². The monoisotopic (exact) mass is 345 g/mol. The maximum absolute atomic E-state index is 12.6. The van der Waals surface area contributed by atoms with Gasteiger partial charge in [-0.1, -0.05) is 23.7 Å². The Labute approximate surface area is 146 Å². The lowest BCUT2D eigenvalue weighted by Gasteiger charge is -2.33. The van der Waals surface area contributed by atoms with E-state index in [4.69, 9.17) is 22.1 Å². The molecule has 1 atom stereocenters. The molecule has 1 aliphatic heterocycles. The number of halogens is 1. The Morgan fingerprint density at radius 3 is 2.83 bits per heavy atom. The molecule has 1 saturated heterocycles. The summed E-state index contributed by atoms with van der Waals surface area (Å²) in [6.45, 7) is 3.46. The van der Waals surface area contributed by atoms with Crippen LogP contribution in [0, 0.1) is 6.92 Å². The minimum Gasteiger partial charge on any atom is -0.399 e. The second kappa shape index (κ2) is 7.20. The smallest absolute Gasteiger partial charge is 0.227 e.